The fourth-order valence-corrected chi connectivity index (χ4v) is 2.05. The number of hydrogen-bond donors (Lipinski definition) is 2. The Kier molecular flexibility index (Phi) is 4.84. The molecule has 2 rings (SSSR count). The standard InChI is InChI=1S/C15H22N2O3/c1-10(2)16-7-6-15(18)17-11(3)12-4-5-13-14(8-12)20-9-19-13/h4-5,8,10-11,16H,6-7,9H2,1-3H3,(H,17,18). The highest BCUT2D eigenvalue weighted by atomic mass is 16.7. The summed E-state index contributed by atoms with van der Waals surface area (Å²) in [7, 11) is 0. The van der Waals surface area contributed by atoms with E-state index in [4.69, 9.17) is 9.47 Å². The maximum Gasteiger partial charge on any atom is 0.231 e. The van der Waals surface area contributed by atoms with Crippen LogP contribution in [0.2, 0.25) is 0 Å². The molecule has 0 radical (unpaired) electrons. The molecular weight excluding hydrogens is 256 g/mol. The third-order valence-electron chi connectivity index (χ3n) is 3.18. The molecule has 1 aromatic carbocycles. The van der Waals surface area contributed by atoms with Crippen molar-refractivity contribution >= 4 is 5.91 Å². The summed E-state index contributed by atoms with van der Waals surface area (Å²) in [5, 5.41) is 6.21. The van der Waals surface area contributed by atoms with Crippen molar-refractivity contribution in [2.75, 3.05) is 13.3 Å². The van der Waals surface area contributed by atoms with Crippen LogP contribution in [0.4, 0.5) is 0 Å². The van der Waals surface area contributed by atoms with Gasteiger partial charge in [0.15, 0.2) is 11.5 Å². The summed E-state index contributed by atoms with van der Waals surface area (Å²) >= 11 is 0. The maximum absolute atomic E-state index is 11.8. The summed E-state index contributed by atoms with van der Waals surface area (Å²) in [6, 6.07) is 6.09. The van der Waals surface area contributed by atoms with E-state index in [1.165, 1.54) is 0 Å². The molecule has 5 nitrogen and oxygen atoms in total. The lowest BCUT2D eigenvalue weighted by atomic mass is 10.1. The first kappa shape index (κ1) is 14.7. The second-order valence-electron chi connectivity index (χ2n) is 5.26. The zero-order valence-corrected chi connectivity index (χ0v) is 12.2. The first-order chi connectivity index (χ1) is 9.56. The third kappa shape index (κ3) is 3.87. The minimum absolute atomic E-state index is 0.0447. The minimum Gasteiger partial charge on any atom is -0.454 e. The van der Waals surface area contributed by atoms with Crippen molar-refractivity contribution in [2.45, 2.75) is 39.3 Å². The number of benzene rings is 1. The first-order valence-corrected chi connectivity index (χ1v) is 6.98. The molecule has 2 N–H and O–H groups in total. The molecule has 110 valence electrons. The Balaban J connectivity index is 1.85. The third-order valence-corrected chi connectivity index (χ3v) is 3.18. The van der Waals surface area contributed by atoms with E-state index in [0.717, 1.165) is 17.1 Å². The molecule has 0 aliphatic carbocycles. The monoisotopic (exact) mass is 278 g/mol. The van der Waals surface area contributed by atoms with Gasteiger partial charge in [-0.3, -0.25) is 4.79 Å². The van der Waals surface area contributed by atoms with Crippen LogP contribution in [0.5, 0.6) is 11.5 Å². The van der Waals surface area contributed by atoms with E-state index in [2.05, 4.69) is 24.5 Å². The quantitative estimate of drug-likeness (QED) is 0.835. The van der Waals surface area contributed by atoms with Crippen LogP contribution in [-0.4, -0.2) is 25.3 Å². The highest BCUT2D eigenvalue weighted by molar-refractivity contribution is 5.76. The summed E-state index contributed by atoms with van der Waals surface area (Å²) in [6.07, 6.45) is 0.479. The number of amides is 1. The Morgan fingerprint density at radius 2 is 2.00 bits per heavy atom. The second-order valence-corrected chi connectivity index (χ2v) is 5.26. The van der Waals surface area contributed by atoms with Crippen molar-refractivity contribution < 1.29 is 14.3 Å². The Labute approximate surface area is 119 Å². The Bertz CT molecular complexity index is 474. The smallest absolute Gasteiger partial charge is 0.231 e. The van der Waals surface area contributed by atoms with Gasteiger partial charge in [0.25, 0.3) is 0 Å². The van der Waals surface area contributed by atoms with Crippen LogP contribution in [0.25, 0.3) is 0 Å². The van der Waals surface area contributed by atoms with Crippen molar-refractivity contribution in [1.29, 1.82) is 0 Å². The normalized spacial score (nSPS) is 14.4. The van der Waals surface area contributed by atoms with E-state index in [9.17, 15) is 4.79 Å². The topological polar surface area (TPSA) is 59.6 Å². The number of hydrogen-bond acceptors (Lipinski definition) is 4. The van der Waals surface area contributed by atoms with E-state index >= 15 is 0 Å². The Morgan fingerprint density at radius 3 is 2.75 bits per heavy atom. The van der Waals surface area contributed by atoms with Crippen LogP contribution >= 0.6 is 0 Å². The van der Waals surface area contributed by atoms with Gasteiger partial charge in [-0.2, -0.15) is 0 Å². The van der Waals surface area contributed by atoms with Gasteiger partial charge >= 0.3 is 0 Å². The molecule has 0 fully saturated rings. The molecule has 1 aliphatic rings. The largest absolute Gasteiger partial charge is 0.454 e. The lowest BCUT2D eigenvalue weighted by Gasteiger charge is -2.15. The van der Waals surface area contributed by atoms with Gasteiger partial charge in [-0.05, 0) is 24.6 Å². The average Bonchev–Trinajstić information content (AvgIpc) is 2.85. The Morgan fingerprint density at radius 1 is 1.25 bits per heavy atom. The fraction of sp³-hybridized carbons (Fsp3) is 0.533. The summed E-state index contributed by atoms with van der Waals surface area (Å²) in [5.41, 5.74) is 1.01. The molecule has 1 aromatic rings. The molecule has 0 bridgehead atoms. The molecule has 1 heterocycles. The van der Waals surface area contributed by atoms with E-state index in [1.807, 2.05) is 25.1 Å². The zero-order chi connectivity index (χ0) is 14.5. The molecule has 5 heteroatoms. The van der Waals surface area contributed by atoms with Crippen molar-refractivity contribution in [2.24, 2.45) is 0 Å². The van der Waals surface area contributed by atoms with Crippen molar-refractivity contribution in [3.8, 4) is 11.5 Å². The number of carbonyl (C=O) groups excluding carboxylic acids is 1. The molecule has 1 unspecified atom stereocenters. The van der Waals surface area contributed by atoms with Crippen molar-refractivity contribution in [3.05, 3.63) is 23.8 Å². The van der Waals surface area contributed by atoms with Gasteiger partial charge in [-0.15, -0.1) is 0 Å². The SMILES string of the molecule is CC(C)NCCC(=O)NC(C)c1ccc2c(c1)OCO2. The maximum atomic E-state index is 11.8. The van der Waals surface area contributed by atoms with E-state index < -0.39 is 0 Å². The zero-order valence-electron chi connectivity index (χ0n) is 12.2. The molecular formula is C15H22N2O3. The van der Waals surface area contributed by atoms with Crippen LogP contribution in [0, 0.1) is 0 Å². The number of rotatable bonds is 6. The Hall–Kier alpha value is -1.75. The van der Waals surface area contributed by atoms with Crippen LogP contribution in [0.15, 0.2) is 18.2 Å². The average molecular weight is 278 g/mol. The van der Waals surface area contributed by atoms with Crippen LogP contribution < -0.4 is 20.1 Å². The van der Waals surface area contributed by atoms with Crippen LogP contribution in [0.3, 0.4) is 0 Å². The summed E-state index contributed by atoms with van der Waals surface area (Å²) in [5.74, 6) is 1.54. The van der Waals surface area contributed by atoms with Gasteiger partial charge < -0.3 is 20.1 Å². The highest BCUT2D eigenvalue weighted by Gasteiger charge is 2.16. The number of fused-ring (bicyclic) bond motifs is 1. The summed E-state index contributed by atoms with van der Waals surface area (Å²) in [6.45, 7) is 7.04. The molecule has 1 atom stereocenters. The lowest BCUT2D eigenvalue weighted by molar-refractivity contribution is -0.121. The predicted molar refractivity (Wildman–Crippen MR) is 76.9 cm³/mol. The first-order valence-electron chi connectivity index (χ1n) is 6.98. The van der Waals surface area contributed by atoms with Gasteiger partial charge in [0, 0.05) is 19.0 Å². The van der Waals surface area contributed by atoms with Crippen LogP contribution in [0.1, 0.15) is 38.8 Å². The highest BCUT2D eigenvalue weighted by Crippen LogP contribution is 2.34. The van der Waals surface area contributed by atoms with Crippen LogP contribution in [-0.2, 0) is 4.79 Å². The number of nitrogens with one attached hydrogen (secondary N) is 2. The van der Waals surface area contributed by atoms with Crippen molar-refractivity contribution in [3.63, 3.8) is 0 Å². The molecule has 0 saturated heterocycles. The number of ether oxygens (including phenoxy) is 2. The van der Waals surface area contributed by atoms with Gasteiger partial charge in [0.1, 0.15) is 0 Å². The van der Waals surface area contributed by atoms with Gasteiger partial charge in [-0.25, -0.2) is 0 Å². The summed E-state index contributed by atoms with van der Waals surface area (Å²) in [4.78, 5) is 11.8. The molecule has 0 saturated carbocycles. The minimum atomic E-state index is -0.0453. The van der Waals surface area contributed by atoms with Gasteiger partial charge in [-0.1, -0.05) is 19.9 Å². The molecule has 1 aliphatic heterocycles. The fourth-order valence-electron chi connectivity index (χ4n) is 2.05. The van der Waals surface area contributed by atoms with Gasteiger partial charge in [0.2, 0.25) is 12.7 Å². The molecule has 0 aromatic heterocycles. The predicted octanol–water partition coefficient (Wildman–Crippen LogP) is 1.98. The molecule has 0 spiro atoms. The second kappa shape index (κ2) is 6.61. The van der Waals surface area contributed by atoms with E-state index in [0.29, 0.717) is 19.0 Å². The molecule has 1 amide bonds. The number of carbonyl (C=O) groups is 1. The van der Waals surface area contributed by atoms with E-state index in [-0.39, 0.29) is 18.7 Å². The van der Waals surface area contributed by atoms with Crippen molar-refractivity contribution in [1.82, 2.24) is 10.6 Å². The van der Waals surface area contributed by atoms with E-state index in [1.54, 1.807) is 0 Å². The van der Waals surface area contributed by atoms with Gasteiger partial charge in [0.05, 0.1) is 6.04 Å². The lowest BCUT2D eigenvalue weighted by Crippen LogP contribution is -2.31. The molecule has 20 heavy (non-hydrogen) atoms. The summed E-state index contributed by atoms with van der Waals surface area (Å²) < 4.78 is 10.6.